The molecule has 1 N–H and O–H groups in total. The monoisotopic (exact) mass is 370 g/mol. The number of alkyl halides is 2. The van der Waals surface area contributed by atoms with E-state index in [1.54, 1.807) is 60.7 Å². The molecule has 4 nitrogen and oxygen atoms in total. The first-order chi connectivity index (χ1) is 9.57. The fraction of sp³-hybridized carbons (Fsp3) is 0.0769. The van der Waals surface area contributed by atoms with Crippen LogP contribution >= 0.6 is 43.4 Å². The normalized spacial score (nSPS) is 9.67. The molecule has 0 radical (unpaired) electrons. The lowest BCUT2D eigenvalue weighted by Crippen LogP contribution is -1.99. The van der Waals surface area contributed by atoms with E-state index in [-0.39, 0.29) is 29.2 Å². The van der Waals surface area contributed by atoms with Gasteiger partial charge in [-0.3, -0.25) is 4.89 Å². The Bertz CT molecular complexity index is 494. The maximum Gasteiger partial charge on any atom is 0.584 e. The van der Waals surface area contributed by atoms with E-state index in [1.165, 1.54) is 0 Å². The van der Waals surface area contributed by atoms with Gasteiger partial charge in [0.15, 0.2) is 0 Å². The van der Waals surface area contributed by atoms with Crippen LogP contribution in [0.4, 0.5) is 0 Å². The van der Waals surface area contributed by atoms with Crippen LogP contribution in [0.15, 0.2) is 60.7 Å². The van der Waals surface area contributed by atoms with Crippen LogP contribution in [-0.4, -0.2) is 10.2 Å². The van der Waals surface area contributed by atoms with E-state index < -0.39 is 7.82 Å². The van der Waals surface area contributed by atoms with Gasteiger partial charge in [-0.1, -0.05) is 36.4 Å². The summed E-state index contributed by atoms with van der Waals surface area (Å²) in [6.45, 7) is 0. The van der Waals surface area contributed by atoms with Crippen molar-refractivity contribution in [3.63, 3.8) is 0 Å². The van der Waals surface area contributed by atoms with E-state index in [0.717, 1.165) is 0 Å². The van der Waals surface area contributed by atoms with E-state index in [0.29, 0.717) is 0 Å². The molecular formula is C13H14Cl3O4P. The van der Waals surface area contributed by atoms with E-state index in [1.807, 2.05) is 0 Å². The first-order valence-corrected chi connectivity index (χ1v) is 8.08. The number of hydrogen-bond acceptors (Lipinski definition) is 3. The van der Waals surface area contributed by atoms with Crippen LogP contribution < -0.4 is 9.05 Å². The van der Waals surface area contributed by atoms with Crippen LogP contribution in [0.2, 0.25) is 0 Å². The van der Waals surface area contributed by atoms with Crippen LogP contribution in [-0.2, 0) is 4.57 Å². The molecule has 0 amide bonds. The Balaban J connectivity index is 0.000000922. The first kappa shape index (κ1) is 20.1. The van der Waals surface area contributed by atoms with E-state index >= 15 is 0 Å². The summed E-state index contributed by atoms with van der Waals surface area (Å²) in [5.74, 6) is 0.573. The average molecular weight is 372 g/mol. The van der Waals surface area contributed by atoms with Gasteiger partial charge in [0.25, 0.3) is 0 Å². The van der Waals surface area contributed by atoms with Gasteiger partial charge >= 0.3 is 7.82 Å². The molecule has 2 aromatic carbocycles. The Morgan fingerprint density at radius 2 is 1.14 bits per heavy atom. The summed E-state index contributed by atoms with van der Waals surface area (Å²) < 4.78 is 21.5. The molecule has 0 unspecified atom stereocenters. The van der Waals surface area contributed by atoms with Gasteiger partial charge in [-0.2, -0.15) is 0 Å². The summed E-state index contributed by atoms with van der Waals surface area (Å²) in [5.41, 5.74) is 0. The minimum absolute atomic E-state index is 0. The van der Waals surface area contributed by atoms with Crippen molar-refractivity contribution in [1.29, 1.82) is 0 Å². The van der Waals surface area contributed by atoms with Gasteiger partial charge in [0, 0.05) is 0 Å². The highest BCUT2D eigenvalue weighted by molar-refractivity contribution is 7.48. The molecule has 0 saturated carbocycles. The Kier molecular flexibility index (Phi) is 10.3. The van der Waals surface area contributed by atoms with Crippen molar-refractivity contribution in [1.82, 2.24) is 0 Å². The zero-order valence-corrected chi connectivity index (χ0v) is 14.0. The summed E-state index contributed by atoms with van der Waals surface area (Å²) in [4.78, 5) is 9.53. The van der Waals surface area contributed by atoms with Gasteiger partial charge in [-0.15, -0.1) is 35.6 Å². The highest BCUT2D eigenvalue weighted by Gasteiger charge is 2.24. The van der Waals surface area contributed by atoms with Crippen molar-refractivity contribution in [2.75, 3.05) is 5.34 Å². The van der Waals surface area contributed by atoms with Gasteiger partial charge in [-0.05, 0) is 24.3 Å². The molecule has 0 aliphatic rings. The van der Waals surface area contributed by atoms with E-state index in [9.17, 15) is 9.46 Å². The minimum atomic E-state index is -4.14. The lowest BCUT2D eigenvalue weighted by molar-refractivity contribution is 0.291. The third kappa shape index (κ3) is 8.86. The third-order valence-electron chi connectivity index (χ3n) is 1.93. The van der Waals surface area contributed by atoms with Gasteiger partial charge in [0.05, 0.1) is 5.34 Å². The van der Waals surface area contributed by atoms with Crippen LogP contribution in [0, 0.1) is 0 Å². The average Bonchev–Trinajstić information content (AvgIpc) is 2.40. The molecule has 0 spiro atoms. The largest absolute Gasteiger partial charge is 0.584 e. The SMILES string of the molecule is Cl.ClCCl.O=P(O)(Oc1ccccc1)Oc1ccccc1. The maximum absolute atomic E-state index is 11.7. The van der Waals surface area contributed by atoms with Crippen molar-refractivity contribution < 1.29 is 18.5 Å². The van der Waals surface area contributed by atoms with Crippen LogP contribution in [0.5, 0.6) is 11.5 Å². The number of benzene rings is 2. The van der Waals surface area contributed by atoms with Gasteiger partial charge in [0.1, 0.15) is 11.5 Å². The number of rotatable bonds is 4. The molecular weight excluding hydrogens is 357 g/mol. The number of para-hydroxylation sites is 2. The molecule has 0 aromatic heterocycles. The molecule has 0 atom stereocenters. The molecule has 2 aromatic rings. The lowest BCUT2D eigenvalue weighted by atomic mass is 10.3. The molecule has 8 heteroatoms. The lowest BCUT2D eigenvalue weighted by Gasteiger charge is -2.13. The van der Waals surface area contributed by atoms with Crippen molar-refractivity contribution in [2.24, 2.45) is 0 Å². The fourth-order valence-electron chi connectivity index (χ4n) is 1.25. The third-order valence-corrected chi connectivity index (χ3v) is 2.81. The predicted molar refractivity (Wildman–Crippen MR) is 87.8 cm³/mol. The second-order valence-electron chi connectivity index (χ2n) is 3.38. The summed E-state index contributed by atoms with van der Waals surface area (Å²) in [6, 6.07) is 16.7. The smallest absolute Gasteiger partial charge is 0.395 e. The van der Waals surface area contributed by atoms with E-state index in [4.69, 9.17) is 32.2 Å². The van der Waals surface area contributed by atoms with Crippen molar-refractivity contribution in [2.45, 2.75) is 0 Å². The molecule has 0 bridgehead atoms. The molecule has 0 aliphatic carbocycles. The van der Waals surface area contributed by atoms with Crippen molar-refractivity contribution in [3.8, 4) is 11.5 Å². The molecule has 0 saturated heterocycles. The fourth-order valence-corrected chi connectivity index (χ4v) is 2.06. The molecule has 116 valence electrons. The number of phosphoric ester groups is 1. The Hall–Kier alpha value is -0.900. The van der Waals surface area contributed by atoms with Crippen molar-refractivity contribution >= 4 is 43.4 Å². The zero-order chi connectivity index (χ0) is 14.8. The standard InChI is InChI=1S/C12H11O4P.CH2Cl2.ClH/c13-17(14,15-11-7-3-1-4-8-11)16-12-9-5-2-6-10-12;2-1-3;/h1-10H,(H,13,14);1H2;1H. The molecule has 0 heterocycles. The molecule has 21 heavy (non-hydrogen) atoms. The van der Waals surface area contributed by atoms with Gasteiger partial charge in [-0.25, -0.2) is 4.57 Å². The topological polar surface area (TPSA) is 55.8 Å². The maximum atomic E-state index is 11.7. The quantitative estimate of drug-likeness (QED) is 0.601. The highest BCUT2D eigenvalue weighted by atomic mass is 35.5. The zero-order valence-electron chi connectivity index (χ0n) is 10.8. The van der Waals surface area contributed by atoms with Crippen LogP contribution in [0.25, 0.3) is 0 Å². The Labute approximate surface area is 139 Å². The second kappa shape index (κ2) is 10.8. The number of phosphoric acid groups is 1. The Morgan fingerprint density at radius 1 is 0.857 bits per heavy atom. The van der Waals surface area contributed by atoms with Gasteiger partial charge in [0.2, 0.25) is 0 Å². The summed E-state index contributed by atoms with van der Waals surface area (Å²) >= 11 is 9.53. The Morgan fingerprint density at radius 3 is 1.43 bits per heavy atom. The number of halogens is 3. The van der Waals surface area contributed by atoms with Crippen LogP contribution in [0.1, 0.15) is 0 Å². The highest BCUT2D eigenvalue weighted by Crippen LogP contribution is 2.43. The molecule has 2 rings (SSSR count). The summed E-state index contributed by atoms with van der Waals surface area (Å²) in [6.07, 6.45) is 0. The minimum Gasteiger partial charge on any atom is -0.395 e. The van der Waals surface area contributed by atoms with E-state index in [2.05, 4.69) is 0 Å². The summed E-state index contributed by atoms with van der Waals surface area (Å²) in [5, 5.41) is 0.194. The second-order valence-corrected chi connectivity index (χ2v) is 5.49. The predicted octanol–water partition coefficient (Wildman–Crippen LogP) is 5.09. The first-order valence-electron chi connectivity index (χ1n) is 5.51. The molecule has 0 aliphatic heterocycles. The van der Waals surface area contributed by atoms with Gasteiger partial charge < -0.3 is 9.05 Å². The summed E-state index contributed by atoms with van der Waals surface area (Å²) in [7, 11) is -4.14. The molecule has 0 fully saturated rings. The number of hydrogen-bond donors (Lipinski definition) is 1. The van der Waals surface area contributed by atoms with Crippen molar-refractivity contribution in [3.05, 3.63) is 60.7 Å². The van der Waals surface area contributed by atoms with Crippen LogP contribution in [0.3, 0.4) is 0 Å².